The van der Waals surface area contributed by atoms with Gasteiger partial charge in [0.05, 0.1) is 17.4 Å². The molecule has 0 atom stereocenters. The molecule has 0 radical (unpaired) electrons. The van der Waals surface area contributed by atoms with Crippen molar-refractivity contribution in [3.63, 3.8) is 0 Å². The second-order valence-electron chi connectivity index (χ2n) is 2.96. The summed E-state index contributed by atoms with van der Waals surface area (Å²) < 4.78 is 0. The Bertz CT molecular complexity index is 423. The Morgan fingerprint density at radius 3 is 2.57 bits per heavy atom. The predicted molar refractivity (Wildman–Crippen MR) is 55.7 cm³/mol. The second kappa shape index (κ2) is 3.80. The van der Waals surface area contributed by atoms with Crippen LogP contribution in [0.4, 0.5) is 0 Å². The molecule has 0 amide bonds. The summed E-state index contributed by atoms with van der Waals surface area (Å²) in [6.07, 6.45) is 4.24. The van der Waals surface area contributed by atoms with Crippen molar-refractivity contribution in [1.29, 1.82) is 0 Å². The molecule has 72 valence electrons. The summed E-state index contributed by atoms with van der Waals surface area (Å²) in [7, 11) is 0. The molecule has 0 fully saturated rings. The first-order chi connectivity index (χ1) is 6.81. The van der Waals surface area contributed by atoms with Crippen molar-refractivity contribution in [3.8, 4) is 5.69 Å². The quantitative estimate of drug-likeness (QED) is 0.758. The Morgan fingerprint density at radius 2 is 2.00 bits per heavy atom. The highest BCUT2D eigenvalue weighted by Gasteiger charge is 2.03. The molecule has 1 heterocycles. The van der Waals surface area contributed by atoms with Crippen molar-refractivity contribution in [2.75, 3.05) is 0 Å². The zero-order valence-corrected chi connectivity index (χ0v) is 8.57. The average molecular weight is 208 g/mol. The SMILES string of the molecule is CCc1ccc(-n2nccn2)c(Cl)c1. The number of rotatable bonds is 2. The van der Waals surface area contributed by atoms with Crippen LogP contribution in [0.5, 0.6) is 0 Å². The van der Waals surface area contributed by atoms with Gasteiger partial charge in [-0.05, 0) is 24.1 Å². The molecule has 2 aromatic rings. The Balaban J connectivity index is 2.46. The lowest BCUT2D eigenvalue weighted by Gasteiger charge is -2.04. The number of aryl methyl sites for hydroxylation is 1. The van der Waals surface area contributed by atoms with E-state index < -0.39 is 0 Å². The largest absolute Gasteiger partial charge is 0.157 e. The summed E-state index contributed by atoms with van der Waals surface area (Å²) in [6, 6.07) is 5.91. The van der Waals surface area contributed by atoms with Crippen LogP contribution in [0.1, 0.15) is 12.5 Å². The first-order valence-electron chi connectivity index (χ1n) is 4.46. The highest BCUT2D eigenvalue weighted by Crippen LogP contribution is 2.20. The zero-order chi connectivity index (χ0) is 9.97. The maximum Gasteiger partial charge on any atom is 0.104 e. The summed E-state index contributed by atoms with van der Waals surface area (Å²) in [4.78, 5) is 1.52. The maximum atomic E-state index is 6.10. The van der Waals surface area contributed by atoms with Crippen molar-refractivity contribution >= 4 is 11.6 Å². The van der Waals surface area contributed by atoms with Crippen LogP contribution in [0.2, 0.25) is 5.02 Å². The lowest BCUT2D eigenvalue weighted by Crippen LogP contribution is -1.99. The number of hydrogen-bond donors (Lipinski definition) is 0. The third kappa shape index (κ3) is 1.63. The van der Waals surface area contributed by atoms with Gasteiger partial charge >= 0.3 is 0 Å². The van der Waals surface area contributed by atoms with Crippen molar-refractivity contribution < 1.29 is 0 Å². The number of aromatic nitrogens is 3. The minimum atomic E-state index is 0.681. The molecule has 0 aliphatic rings. The van der Waals surface area contributed by atoms with Crippen molar-refractivity contribution in [2.45, 2.75) is 13.3 Å². The maximum absolute atomic E-state index is 6.10. The van der Waals surface area contributed by atoms with Gasteiger partial charge in [0, 0.05) is 0 Å². The van der Waals surface area contributed by atoms with Gasteiger partial charge in [0.1, 0.15) is 5.69 Å². The monoisotopic (exact) mass is 207 g/mol. The van der Waals surface area contributed by atoms with Crippen LogP contribution in [-0.4, -0.2) is 15.0 Å². The van der Waals surface area contributed by atoms with Crippen LogP contribution < -0.4 is 0 Å². The molecule has 1 aromatic heterocycles. The van der Waals surface area contributed by atoms with E-state index in [1.54, 1.807) is 12.4 Å². The molecule has 2 rings (SSSR count). The van der Waals surface area contributed by atoms with Crippen LogP contribution >= 0.6 is 11.6 Å². The van der Waals surface area contributed by atoms with E-state index in [-0.39, 0.29) is 0 Å². The molecule has 0 saturated carbocycles. The topological polar surface area (TPSA) is 30.7 Å². The molecule has 0 spiro atoms. The fourth-order valence-corrected chi connectivity index (χ4v) is 1.55. The van der Waals surface area contributed by atoms with E-state index in [1.165, 1.54) is 10.4 Å². The standard InChI is InChI=1S/C10H10ClN3/c1-2-8-3-4-10(9(11)7-8)14-12-5-6-13-14/h3-7H,2H2,1H3. The molecule has 1 aromatic carbocycles. The van der Waals surface area contributed by atoms with Gasteiger partial charge < -0.3 is 0 Å². The van der Waals surface area contributed by atoms with Crippen molar-refractivity contribution in [3.05, 3.63) is 41.2 Å². The Morgan fingerprint density at radius 1 is 1.29 bits per heavy atom. The van der Waals surface area contributed by atoms with Crippen molar-refractivity contribution in [2.24, 2.45) is 0 Å². The number of hydrogen-bond acceptors (Lipinski definition) is 2. The summed E-state index contributed by atoms with van der Waals surface area (Å²) in [5, 5.41) is 8.73. The summed E-state index contributed by atoms with van der Waals surface area (Å²) in [6.45, 7) is 2.09. The highest BCUT2D eigenvalue weighted by atomic mass is 35.5. The van der Waals surface area contributed by atoms with E-state index >= 15 is 0 Å². The summed E-state index contributed by atoms with van der Waals surface area (Å²) in [5.41, 5.74) is 2.03. The number of halogens is 1. The highest BCUT2D eigenvalue weighted by molar-refractivity contribution is 6.32. The van der Waals surface area contributed by atoms with Gasteiger partial charge in [-0.1, -0.05) is 24.6 Å². The molecule has 0 bridgehead atoms. The van der Waals surface area contributed by atoms with E-state index in [2.05, 4.69) is 17.1 Å². The van der Waals surface area contributed by atoms with Gasteiger partial charge in [0.15, 0.2) is 0 Å². The molecule has 0 aliphatic carbocycles. The minimum absolute atomic E-state index is 0.681. The Hall–Kier alpha value is -1.35. The summed E-state index contributed by atoms with van der Waals surface area (Å²) in [5.74, 6) is 0. The fourth-order valence-electron chi connectivity index (χ4n) is 1.27. The number of nitrogens with zero attached hydrogens (tertiary/aromatic N) is 3. The summed E-state index contributed by atoms with van der Waals surface area (Å²) >= 11 is 6.10. The molecular formula is C10H10ClN3. The van der Waals surface area contributed by atoms with Crippen LogP contribution in [0.3, 0.4) is 0 Å². The smallest absolute Gasteiger partial charge is 0.104 e. The van der Waals surface area contributed by atoms with Crippen molar-refractivity contribution in [1.82, 2.24) is 15.0 Å². The molecule has 3 nitrogen and oxygen atoms in total. The fraction of sp³-hybridized carbons (Fsp3) is 0.200. The van der Waals surface area contributed by atoms with E-state index in [0.29, 0.717) is 5.02 Å². The van der Waals surface area contributed by atoms with E-state index in [1.807, 2.05) is 18.2 Å². The van der Waals surface area contributed by atoms with Gasteiger partial charge in [-0.25, -0.2) is 0 Å². The molecule has 0 unspecified atom stereocenters. The lowest BCUT2D eigenvalue weighted by molar-refractivity contribution is 0.751. The van der Waals surface area contributed by atoms with E-state index in [4.69, 9.17) is 11.6 Å². The molecule has 0 aliphatic heterocycles. The molecule has 14 heavy (non-hydrogen) atoms. The Kier molecular flexibility index (Phi) is 2.50. The van der Waals surface area contributed by atoms with Gasteiger partial charge in [-0.15, -0.1) is 0 Å². The molecule has 4 heteroatoms. The molecular weight excluding hydrogens is 198 g/mol. The van der Waals surface area contributed by atoms with Crippen LogP contribution in [-0.2, 0) is 6.42 Å². The molecule has 0 saturated heterocycles. The zero-order valence-electron chi connectivity index (χ0n) is 7.81. The number of benzene rings is 1. The average Bonchev–Trinajstić information content (AvgIpc) is 2.70. The molecule has 0 N–H and O–H groups in total. The van der Waals surface area contributed by atoms with E-state index in [9.17, 15) is 0 Å². The predicted octanol–water partition coefficient (Wildman–Crippen LogP) is 2.48. The van der Waals surface area contributed by atoms with Gasteiger partial charge in [-0.3, -0.25) is 0 Å². The Labute approximate surface area is 87.3 Å². The van der Waals surface area contributed by atoms with Gasteiger partial charge in [0.25, 0.3) is 0 Å². The van der Waals surface area contributed by atoms with Crippen LogP contribution in [0, 0.1) is 0 Å². The minimum Gasteiger partial charge on any atom is -0.157 e. The van der Waals surface area contributed by atoms with Crippen LogP contribution in [0.25, 0.3) is 5.69 Å². The third-order valence-electron chi connectivity index (χ3n) is 2.05. The van der Waals surface area contributed by atoms with Crippen LogP contribution in [0.15, 0.2) is 30.6 Å². The lowest BCUT2D eigenvalue weighted by atomic mass is 10.1. The first-order valence-corrected chi connectivity index (χ1v) is 4.84. The normalized spacial score (nSPS) is 10.4. The first kappa shape index (κ1) is 9.21. The second-order valence-corrected chi connectivity index (χ2v) is 3.37. The van der Waals surface area contributed by atoms with E-state index in [0.717, 1.165) is 12.1 Å². The van der Waals surface area contributed by atoms with Gasteiger partial charge in [-0.2, -0.15) is 15.0 Å². The van der Waals surface area contributed by atoms with Gasteiger partial charge in [0.2, 0.25) is 0 Å². The third-order valence-corrected chi connectivity index (χ3v) is 2.36.